The molecule has 0 saturated heterocycles. The van der Waals surface area contributed by atoms with Crippen molar-refractivity contribution in [2.75, 3.05) is 0 Å². The van der Waals surface area contributed by atoms with Gasteiger partial charge in [0.2, 0.25) is 0 Å². The van der Waals surface area contributed by atoms with Gasteiger partial charge in [0.1, 0.15) is 7.28 Å². The lowest BCUT2D eigenvalue weighted by Gasteiger charge is -2.29. The lowest BCUT2D eigenvalue weighted by molar-refractivity contribution is 0.603. The van der Waals surface area contributed by atoms with Gasteiger partial charge in [-0.2, -0.15) is 0 Å². The molecule has 0 aliphatic carbocycles. The molecule has 0 spiro atoms. The van der Waals surface area contributed by atoms with Crippen molar-refractivity contribution in [3.05, 3.63) is 0 Å². The SMILES string of the molecule is CCC(C)(C)[B]C(C)(C)C. The van der Waals surface area contributed by atoms with Gasteiger partial charge in [-0.05, 0) is 0 Å². The van der Waals surface area contributed by atoms with Crippen LogP contribution in [0.25, 0.3) is 0 Å². The Morgan fingerprint density at radius 1 is 1.00 bits per heavy atom. The van der Waals surface area contributed by atoms with Crippen molar-refractivity contribution >= 4 is 7.28 Å². The zero-order valence-electron chi connectivity index (χ0n) is 8.28. The maximum absolute atomic E-state index is 2.43. The molecular formula is C9H20B. The first-order valence-electron chi connectivity index (χ1n) is 4.14. The predicted molar refractivity (Wildman–Crippen MR) is 49.8 cm³/mol. The van der Waals surface area contributed by atoms with Crippen molar-refractivity contribution in [3.63, 3.8) is 0 Å². The smallest absolute Gasteiger partial charge is 0.0674 e. The van der Waals surface area contributed by atoms with Gasteiger partial charge in [-0.1, -0.05) is 58.6 Å². The van der Waals surface area contributed by atoms with E-state index < -0.39 is 0 Å². The summed E-state index contributed by atoms with van der Waals surface area (Å²) >= 11 is 0. The van der Waals surface area contributed by atoms with Gasteiger partial charge in [0.25, 0.3) is 0 Å². The third kappa shape index (κ3) is 4.90. The molecule has 59 valence electrons. The zero-order valence-corrected chi connectivity index (χ0v) is 8.28. The average Bonchev–Trinajstić information content (AvgIpc) is 1.60. The summed E-state index contributed by atoms with van der Waals surface area (Å²) in [5.41, 5.74) is 0. The fourth-order valence-electron chi connectivity index (χ4n) is 1.27. The lowest BCUT2D eigenvalue weighted by Crippen LogP contribution is -2.20. The third-order valence-electron chi connectivity index (χ3n) is 1.73. The summed E-state index contributed by atoms with van der Waals surface area (Å²) in [6.07, 6.45) is 1.23. The Morgan fingerprint density at radius 2 is 1.40 bits per heavy atom. The zero-order chi connectivity index (χ0) is 8.41. The molecule has 10 heavy (non-hydrogen) atoms. The number of hydrogen-bond acceptors (Lipinski definition) is 0. The molecule has 0 fully saturated rings. The van der Waals surface area contributed by atoms with E-state index in [0.29, 0.717) is 10.6 Å². The summed E-state index contributed by atoms with van der Waals surface area (Å²) in [7, 11) is 2.43. The van der Waals surface area contributed by atoms with Crippen LogP contribution in [-0.4, -0.2) is 7.28 Å². The minimum absolute atomic E-state index is 0.361. The van der Waals surface area contributed by atoms with Crippen LogP contribution >= 0.6 is 0 Å². The fraction of sp³-hybridized carbons (Fsp3) is 1.00. The molecule has 0 aromatic rings. The van der Waals surface area contributed by atoms with Crippen molar-refractivity contribution in [1.29, 1.82) is 0 Å². The average molecular weight is 139 g/mol. The molecule has 0 heterocycles. The second-order valence-corrected chi connectivity index (χ2v) is 4.85. The first-order chi connectivity index (χ1) is 4.27. The monoisotopic (exact) mass is 139 g/mol. The Bertz CT molecular complexity index is 97.8. The van der Waals surface area contributed by atoms with Crippen LogP contribution in [0.1, 0.15) is 48.0 Å². The van der Waals surface area contributed by atoms with Crippen LogP contribution < -0.4 is 0 Å². The van der Waals surface area contributed by atoms with Crippen LogP contribution in [0.5, 0.6) is 0 Å². The van der Waals surface area contributed by atoms with E-state index in [2.05, 4.69) is 48.8 Å². The first-order valence-corrected chi connectivity index (χ1v) is 4.14. The molecule has 0 unspecified atom stereocenters. The Kier molecular flexibility index (Phi) is 3.00. The predicted octanol–water partition coefficient (Wildman–Crippen LogP) is 3.52. The highest BCUT2D eigenvalue weighted by Crippen LogP contribution is 2.37. The Hall–Kier alpha value is 0.0649. The normalized spacial score (nSPS) is 13.4. The lowest BCUT2D eigenvalue weighted by atomic mass is 9.41. The van der Waals surface area contributed by atoms with Crippen LogP contribution in [-0.2, 0) is 0 Å². The number of rotatable bonds is 2. The van der Waals surface area contributed by atoms with Crippen molar-refractivity contribution < 1.29 is 0 Å². The topological polar surface area (TPSA) is 0 Å². The minimum Gasteiger partial charge on any atom is -0.0674 e. The molecule has 0 aliphatic rings. The second kappa shape index (κ2) is 2.98. The van der Waals surface area contributed by atoms with Gasteiger partial charge in [0, 0.05) is 0 Å². The van der Waals surface area contributed by atoms with Crippen molar-refractivity contribution in [1.82, 2.24) is 0 Å². The van der Waals surface area contributed by atoms with E-state index in [4.69, 9.17) is 0 Å². The van der Waals surface area contributed by atoms with Gasteiger partial charge < -0.3 is 0 Å². The molecule has 0 bridgehead atoms. The van der Waals surface area contributed by atoms with Crippen LogP contribution in [0, 0.1) is 0 Å². The molecule has 1 radical (unpaired) electrons. The van der Waals surface area contributed by atoms with Gasteiger partial charge in [-0.3, -0.25) is 0 Å². The number of hydrogen-bond donors (Lipinski definition) is 0. The van der Waals surface area contributed by atoms with Gasteiger partial charge in [0.15, 0.2) is 0 Å². The molecule has 0 aromatic carbocycles. The highest BCUT2D eigenvalue weighted by Gasteiger charge is 2.24. The maximum atomic E-state index is 2.43. The summed E-state index contributed by atoms with van der Waals surface area (Å²) in [6, 6.07) is 0. The van der Waals surface area contributed by atoms with E-state index in [-0.39, 0.29) is 0 Å². The van der Waals surface area contributed by atoms with Crippen molar-refractivity contribution in [2.24, 2.45) is 0 Å². The highest BCUT2D eigenvalue weighted by molar-refractivity contribution is 6.43. The Labute approximate surface area is 66.6 Å². The minimum atomic E-state index is 0.361. The van der Waals surface area contributed by atoms with E-state index >= 15 is 0 Å². The van der Waals surface area contributed by atoms with E-state index in [1.165, 1.54) is 6.42 Å². The van der Waals surface area contributed by atoms with E-state index in [1.807, 2.05) is 0 Å². The molecule has 0 atom stereocenters. The quantitative estimate of drug-likeness (QED) is 0.513. The van der Waals surface area contributed by atoms with Crippen molar-refractivity contribution in [3.8, 4) is 0 Å². The molecule has 0 saturated carbocycles. The third-order valence-corrected chi connectivity index (χ3v) is 1.73. The second-order valence-electron chi connectivity index (χ2n) is 4.85. The van der Waals surface area contributed by atoms with Gasteiger partial charge in [-0.25, -0.2) is 0 Å². The summed E-state index contributed by atoms with van der Waals surface area (Å²) in [5.74, 6) is 0. The standard InChI is InChI=1S/C9H20B/c1-7-9(5,6)10-8(2,3)4/h7H2,1-6H3. The van der Waals surface area contributed by atoms with Crippen LogP contribution in [0.4, 0.5) is 0 Å². The first kappa shape index (κ1) is 10.1. The van der Waals surface area contributed by atoms with Gasteiger partial charge in [-0.15, -0.1) is 0 Å². The van der Waals surface area contributed by atoms with Gasteiger partial charge in [0.05, 0.1) is 0 Å². The summed E-state index contributed by atoms with van der Waals surface area (Å²) in [4.78, 5) is 0. The molecule has 0 aromatic heterocycles. The van der Waals surface area contributed by atoms with E-state index in [0.717, 1.165) is 0 Å². The van der Waals surface area contributed by atoms with E-state index in [1.54, 1.807) is 0 Å². The summed E-state index contributed by atoms with van der Waals surface area (Å²) < 4.78 is 0. The molecule has 0 aliphatic heterocycles. The Balaban J connectivity index is 3.89. The van der Waals surface area contributed by atoms with E-state index in [9.17, 15) is 0 Å². The van der Waals surface area contributed by atoms with Crippen LogP contribution in [0.2, 0.25) is 10.6 Å². The molecule has 0 amide bonds. The van der Waals surface area contributed by atoms with Crippen LogP contribution in [0.3, 0.4) is 0 Å². The Morgan fingerprint density at radius 3 is 1.50 bits per heavy atom. The molecule has 0 N–H and O–H groups in total. The van der Waals surface area contributed by atoms with Crippen molar-refractivity contribution in [2.45, 2.75) is 58.6 Å². The molecule has 1 heteroatoms. The molecule has 0 nitrogen and oxygen atoms in total. The maximum Gasteiger partial charge on any atom is 0.124 e. The van der Waals surface area contributed by atoms with Gasteiger partial charge >= 0.3 is 0 Å². The van der Waals surface area contributed by atoms with Crippen LogP contribution in [0.15, 0.2) is 0 Å². The highest BCUT2D eigenvalue weighted by atomic mass is 14.1. The largest absolute Gasteiger partial charge is 0.124 e. The summed E-state index contributed by atoms with van der Waals surface area (Å²) in [5, 5.41) is 0.762. The molecule has 0 rings (SSSR count). The summed E-state index contributed by atoms with van der Waals surface area (Å²) in [6.45, 7) is 13.6. The molecular weight excluding hydrogens is 119 g/mol. The fourth-order valence-corrected chi connectivity index (χ4v) is 1.27.